The van der Waals surface area contributed by atoms with Gasteiger partial charge in [-0.15, -0.1) is 0 Å². The third-order valence-corrected chi connectivity index (χ3v) is 2.70. The van der Waals surface area contributed by atoms with Gasteiger partial charge >= 0.3 is 0 Å². The topological polar surface area (TPSA) is 27.7 Å². The minimum atomic E-state index is -0.550. The van der Waals surface area contributed by atoms with Gasteiger partial charge in [0.1, 0.15) is 0 Å². The Morgan fingerprint density at radius 3 is 2.00 bits per heavy atom. The predicted molar refractivity (Wildman–Crippen MR) is 82.3 cm³/mol. The van der Waals surface area contributed by atoms with Crippen LogP contribution in [-0.2, 0) is 21.1 Å². The van der Waals surface area contributed by atoms with Crippen molar-refractivity contribution in [2.45, 2.75) is 39.3 Å². The molecule has 1 atom stereocenters. The largest absolute Gasteiger partial charge is 0.341 e. The molecule has 2 aromatic carbocycles. The zero-order valence-corrected chi connectivity index (χ0v) is 12.8. The monoisotopic (exact) mass is 286 g/mol. The average molecular weight is 286 g/mol. The van der Waals surface area contributed by atoms with Crippen molar-refractivity contribution in [2.24, 2.45) is 0 Å². The number of benzene rings is 2. The summed E-state index contributed by atoms with van der Waals surface area (Å²) in [5, 5.41) is 0. The molecule has 0 amide bonds. The number of rotatable bonds is 6. The summed E-state index contributed by atoms with van der Waals surface area (Å²) in [4.78, 5) is 10.9. The van der Waals surface area contributed by atoms with E-state index in [4.69, 9.17) is 14.5 Å². The van der Waals surface area contributed by atoms with Gasteiger partial charge in [0.2, 0.25) is 6.29 Å². The fraction of sp³-hybridized carbons (Fsp3) is 0.333. The average Bonchev–Trinajstić information content (AvgIpc) is 2.48. The lowest BCUT2D eigenvalue weighted by molar-refractivity contribution is -0.422. The zero-order chi connectivity index (χ0) is 15.1. The van der Waals surface area contributed by atoms with Crippen LogP contribution in [0.3, 0.4) is 0 Å². The van der Waals surface area contributed by atoms with Crippen LogP contribution in [0, 0.1) is 0 Å². The molecule has 21 heavy (non-hydrogen) atoms. The molecule has 0 aliphatic carbocycles. The molecule has 0 aliphatic rings. The van der Waals surface area contributed by atoms with Gasteiger partial charge in [-0.3, -0.25) is 0 Å². The maximum Gasteiger partial charge on any atom is 0.217 e. The summed E-state index contributed by atoms with van der Waals surface area (Å²) in [6.45, 7) is 6.28. The van der Waals surface area contributed by atoms with E-state index in [2.05, 4.69) is 0 Å². The highest BCUT2D eigenvalue weighted by Gasteiger charge is 2.19. The summed E-state index contributed by atoms with van der Waals surface area (Å²) in [7, 11) is 0. The van der Waals surface area contributed by atoms with Gasteiger partial charge in [-0.2, -0.15) is 4.89 Å². The standard InChI is InChI=1S/C18H22O3/c1-18(2,3)21-20-17(16-12-8-5-9-13-16)19-14-15-10-6-4-7-11-15/h4-13,17H,14H2,1-3H3. The second-order valence-electron chi connectivity index (χ2n) is 5.83. The molecular formula is C18H22O3. The fourth-order valence-corrected chi connectivity index (χ4v) is 1.72. The van der Waals surface area contributed by atoms with Gasteiger partial charge in [0.15, 0.2) is 0 Å². The molecule has 2 rings (SSSR count). The highest BCUT2D eigenvalue weighted by atomic mass is 17.2. The highest BCUT2D eigenvalue weighted by Crippen LogP contribution is 2.23. The third kappa shape index (κ3) is 5.68. The molecule has 0 fully saturated rings. The van der Waals surface area contributed by atoms with E-state index >= 15 is 0 Å². The Labute approximate surface area is 126 Å². The van der Waals surface area contributed by atoms with Gasteiger partial charge in [-0.05, 0) is 26.3 Å². The van der Waals surface area contributed by atoms with Crippen LogP contribution < -0.4 is 0 Å². The molecule has 0 spiro atoms. The molecule has 3 heteroatoms. The van der Waals surface area contributed by atoms with Crippen molar-refractivity contribution >= 4 is 0 Å². The zero-order valence-electron chi connectivity index (χ0n) is 12.8. The highest BCUT2D eigenvalue weighted by molar-refractivity contribution is 5.17. The summed E-state index contributed by atoms with van der Waals surface area (Å²) in [6.07, 6.45) is -0.550. The van der Waals surface area contributed by atoms with Crippen molar-refractivity contribution in [3.05, 3.63) is 71.8 Å². The second-order valence-corrected chi connectivity index (χ2v) is 5.83. The van der Waals surface area contributed by atoms with E-state index in [1.807, 2.05) is 81.4 Å². The van der Waals surface area contributed by atoms with Crippen LogP contribution in [0.15, 0.2) is 60.7 Å². The van der Waals surface area contributed by atoms with Crippen molar-refractivity contribution in [1.82, 2.24) is 0 Å². The molecule has 112 valence electrons. The van der Waals surface area contributed by atoms with Crippen LogP contribution >= 0.6 is 0 Å². The molecule has 2 aromatic rings. The van der Waals surface area contributed by atoms with E-state index in [-0.39, 0.29) is 5.60 Å². The Bertz CT molecular complexity index is 517. The number of hydrogen-bond donors (Lipinski definition) is 0. The lowest BCUT2D eigenvalue weighted by Crippen LogP contribution is -2.22. The van der Waals surface area contributed by atoms with Crippen molar-refractivity contribution in [3.8, 4) is 0 Å². The first-order valence-electron chi connectivity index (χ1n) is 7.09. The van der Waals surface area contributed by atoms with Gasteiger partial charge in [0, 0.05) is 5.56 Å². The normalized spacial score (nSPS) is 13.1. The summed E-state index contributed by atoms with van der Waals surface area (Å²) >= 11 is 0. The SMILES string of the molecule is CC(C)(C)OOC(OCc1ccccc1)c1ccccc1. The first-order chi connectivity index (χ1) is 10.0. The molecule has 0 N–H and O–H groups in total. The van der Waals surface area contributed by atoms with E-state index in [0.29, 0.717) is 6.61 Å². The summed E-state index contributed by atoms with van der Waals surface area (Å²) in [6, 6.07) is 19.8. The molecular weight excluding hydrogens is 264 g/mol. The minimum Gasteiger partial charge on any atom is -0.341 e. The van der Waals surface area contributed by atoms with Crippen LogP contribution in [0.4, 0.5) is 0 Å². The van der Waals surface area contributed by atoms with Crippen molar-refractivity contribution < 1.29 is 14.5 Å². The Hall–Kier alpha value is -1.68. The van der Waals surface area contributed by atoms with Gasteiger partial charge in [0.05, 0.1) is 12.2 Å². The number of hydrogen-bond acceptors (Lipinski definition) is 3. The lowest BCUT2D eigenvalue weighted by atomic mass is 10.2. The molecule has 1 unspecified atom stereocenters. The van der Waals surface area contributed by atoms with E-state index in [1.165, 1.54) is 0 Å². The molecule has 0 radical (unpaired) electrons. The summed E-state index contributed by atoms with van der Waals surface area (Å²) in [5.74, 6) is 0. The summed E-state index contributed by atoms with van der Waals surface area (Å²) in [5.41, 5.74) is 1.64. The van der Waals surface area contributed by atoms with E-state index in [0.717, 1.165) is 11.1 Å². The first-order valence-corrected chi connectivity index (χ1v) is 7.09. The molecule has 3 nitrogen and oxygen atoms in total. The lowest BCUT2D eigenvalue weighted by Gasteiger charge is -2.23. The van der Waals surface area contributed by atoms with Gasteiger partial charge in [0.25, 0.3) is 0 Å². The van der Waals surface area contributed by atoms with Crippen LogP contribution in [0.2, 0.25) is 0 Å². The Morgan fingerprint density at radius 2 is 1.43 bits per heavy atom. The molecule has 0 aliphatic heterocycles. The van der Waals surface area contributed by atoms with Crippen molar-refractivity contribution in [1.29, 1.82) is 0 Å². The second kappa shape index (κ2) is 7.36. The van der Waals surface area contributed by atoms with Gasteiger partial charge in [-0.25, -0.2) is 4.89 Å². The molecule has 0 heterocycles. The maximum atomic E-state index is 5.86. The van der Waals surface area contributed by atoms with Crippen LogP contribution in [0.5, 0.6) is 0 Å². The molecule has 0 aromatic heterocycles. The Morgan fingerprint density at radius 1 is 0.857 bits per heavy atom. The summed E-state index contributed by atoms with van der Waals surface area (Å²) < 4.78 is 5.86. The van der Waals surface area contributed by atoms with E-state index in [9.17, 15) is 0 Å². The smallest absolute Gasteiger partial charge is 0.217 e. The third-order valence-electron chi connectivity index (χ3n) is 2.70. The van der Waals surface area contributed by atoms with E-state index < -0.39 is 6.29 Å². The number of ether oxygens (including phenoxy) is 1. The Balaban J connectivity index is 2.02. The first kappa shape index (κ1) is 15.7. The van der Waals surface area contributed by atoms with Gasteiger partial charge in [-0.1, -0.05) is 60.7 Å². The Kier molecular flexibility index (Phi) is 5.51. The van der Waals surface area contributed by atoms with E-state index in [1.54, 1.807) is 0 Å². The van der Waals surface area contributed by atoms with Gasteiger partial charge < -0.3 is 4.74 Å². The van der Waals surface area contributed by atoms with Crippen molar-refractivity contribution in [3.63, 3.8) is 0 Å². The van der Waals surface area contributed by atoms with Crippen LogP contribution in [0.25, 0.3) is 0 Å². The minimum absolute atomic E-state index is 0.386. The predicted octanol–water partition coefficient (Wildman–Crippen LogP) is 4.65. The van der Waals surface area contributed by atoms with Crippen molar-refractivity contribution in [2.75, 3.05) is 0 Å². The quantitative estimate of drug-likeness (QED) is 0.439. The molecule has 0 saturated heterocycles. The molecule has 0 bridgehead atoms. The van der Waals surface area contributed by atoms with Crippen LogP contribution in [-0.4, -0.2) is 5.60 Å². The molecule has 0 saturated carbocycles. The fourth-order valence-electron chi connectivity index (χ4n) is 1.72. The maximum absolute atomic E-state index is 5.86. The van der Waals surface area contributed by atoms with Crippen LogP contribution in [0.1, 0.15) is 38.2 Å².